The minimum Gasteiger partial charge on any atom is -0.377 e. The molecular formula is C14H22N2O. The first kappa shape index (κ1) is 12.4. The van der Waals surface area contributed by atoms with E-state index in [0.29, 0.717) is 12.6 Å². The van der Waals surface area contributed by atoms with Crippen LogP contribution in [0.5, 0.6) is 0 Å². The molecule has 1 saturated heterocycles. The number of piperidine rings is 1. The Kier molecular flexibility index (Phi) is 4.40. The van der Waals surface area contributed by atoms with E-state index in [1.165, 1.54) is 24.1 Å². The van der Waals surface area contributed by atoms with Crippen molar-refractivity contribution in [2.75, 3.05) is 24.6 Å². The van der Waals surface area contributed by atoms with E-state index in [-0.39, 0.29) is 0 Å². The van der Waals surface area contributed by atoms with E-state index in [1.807, 2.05) is 0 Å². The predicted octanol–water partition coefficient (Wildman–Crippen LogP) is 2.15. The van der Waals surface area contributed by atoms with Gasteiger partial charge in [0.05, 0.1) is 6.10 Å². The monoisotopic (exact) mass is 234 g/mol. The minimum atomic E-state index is 0.392. The summed E-state index contributed by atoms with van der Waals surface area (Å²) in [7, 11) is 0. The Morgan fingerprint density at radius 3 is 2.76 bits per heavy atom. The Morgan fingerprint density at radius 2 is 2.12 bits per heavy atom. The number of rotatable bonds is 4. The number of benzene rings is 1. The molecule has 94 valence electrons. The van der Waals surface area contributed by atoms with Gasteiger partial charge in [-0.25, -0.2) is 0 Å². The SMILES string of the molecule is CCOC1CCCN(c2ccc(CN)cc2)C1. The number of anilines is 1. The van der Waals surface area contributed by atoms with Crippen LogP contribution in [-0.4, -0.2) is 25.8 Å². The highest BCUT2D eigenvalue weighted by Gasteiger charge is 2.19. The van der Waals surface area contributed by atoms with Gasteiger partial charge in [0.15, 0.2) is 0 Å². The highest BCUT2D eigenvalue weighted by atomic mass is 16.5. The zero-order valence-electron chi connectivity index (χ0n) is 10.6. The summed E-state index contributed by atoms with van der Waals surface area (Å²) in [6, 6.07) is 8.55. The maximum Gasteiger partial charge on any atom is 0.0750 e. The molecule has 1 heterocycles. The second kappa shape index (κ2) is 6.03. The van der Waals surface area contributed by atoms with Crippen molar-refractivity contribution in [3.05, 3.63) is 29.8 Å². The summed E-state index contributed by atoms with van der Waals surface area (Å²) in [6.07, 6.45) is 2.79. The van der Waals surface area contributed by atoms with Gasteiger partial charge < -0.3 is 15.4 Å². The molecule has 2 rings (SSSR count). The fraction of sp³-hybridized carbons (Fsp3) is 0.571. The lowest BCUT2D eigenvalue weighted by molar-refractivity contribution is 0.0527. The van der Waals surface area contributed by atoms with Crippen molar-refractivity contribution in [3.8, 4) is 0 Å². The molecular weight excluding hydrogens is 212 g/mol. The summed E-state index contributed by atoms with van der Waals surface area (Å²) in [5, 5.41) is 0. The summed E-state index contributed by atoms with van der Waals surface area (Å²) in [6.45, 7) is 5.63. The number of hydrogen-bond donors (Lipinski definition) is 1. The van der Waals surface area contributed by atoms with E-state index in [4.69, 9.17) is 10.5 Å². The number of nitrogens with two attached hydrogens (primary N) is 1. The lowest BCUT2D eigenvalue weighted by Gasteiger charge is -2.34. The molecule has 1 aliphatic rings. The van der Waals surface area contributed by atoms with Crippen molar-refractivity contribution in [2.24, 2.45) is 5.73 Å². The molecule has 17 heavy (non-hydrogen) atoms. The average molecular weight is 234 g/mol. The molecule has 0 amide bonds. The smallest absolute Gasteiger partial charge is 0.0750 e. The van der Waals surface area contributed by atoms with Crippen LogP contribution in [0.25, 0.3) is 0 Å². The largest absolute Gasteiger partial charge is 0.377 e. The highest BCUT2D eigenvalue weighted by molar-refractivity contribution is 5.48. The summed E-state index contributed by atoms with van der Waals surface area (Å²) in [5.74, 6) is 0. The zero-order valence-corrected chi connectivity index (χ0v) is 10.6. The van der Waals surface area contributed by atoms with Crippen LogP contribution in [0, 0.1) is 0 Å². The molecule has 3 nitrogen and oxygen atoms in total. The third-order valence-electron chi connectivity index (χ3n) is 3.32. The second-order valence-electron chi connectivity index (χ2n) is 4.54. The molecule has 0 aliphatic carbocycles. The minimum absolute atomic E-state index is 0.392. The fourth-order valence-electron chi connectivity index (χ4n) is 2.39. The van der Waals surface area contributed by atoms with Crippen molar-refractivity contribution in [1.82, 2.24) is 0 Å². The Balaban J connectivity index is 2.00. The summed E-state index contributed by atoms with van der Waals surface area (Å²) in [5.41, 5.74) is 8.08. The summed E-state index contributed by atoms with van der Waals surface area (Å²) < 4.78 is 5.72. The van der Waals surface area contributed by atoms with Crippen molar-refractivity contribution in [2.45, 2.75) is 32.4 Å². The maximum absolute atomic E-state index is 5.72. The third-order valence-corrected chi connectivity index (χ3v) is 3.32. The molecule has 1 aromatic rings. The lowest BCUT2D eigenvalue weighted by atomic mass is 10.1. The Bertz CT molecular complexity index is 335. The van der Waals surface area contributed by atoms with Gasteiger partial charge in [-0.15, -0.1) is 0 Å². The van der Waals surface area contributed by atoms with Gasteiger partial charge in [-0.3, -0.25) is 0 Å². The number of nitrogens with zero attached hydrogens (tertiary/aromatic N) is 1. The lowest BCUT2D eigenvalue weighted by Crippen LogP contribution is -2.39. The number of hydrogen-bond acceptors (Lipinski definition) is 3. The van der Waals surface area contributed by atoms with E-state index >= 15 is 0 Å². The molecule has 1 atom stereocenters. The molecule has 0 radical (unpaired) electrons. The van der Waals surface area contributed by atoms with Gasteiger partial charge in [0, 0.05) is 31.9 Å². The Morgan fingerprint density at radius 1 is 1.35 bits per heavy atom. The van der Waals surface area contributed by atoms with Gasteiger partial charge in [0.25, 0.3) is 0 Å². The first-order chi connectivity index (χ1) is 8.33. The molecule has 1 aromatic carbocycles. The topological polar surface area (TPSA) is 38.5 Å². The fourth-order valence-corrected chi connectivity index (χ4v) is 2.39. The van der Waals surface area contributed by atoms with Crippen LogP contribution >= 0.6 is 0 Å². The summed E-state index contributed by atoms with van der Waals surface area (Å²) in [4.78, 5) is 2.41. The van der Waals surface area contributed by atoms with Gasteiger partial charge in [-0.1, -0.05) is 12.1 Å². The normalized spacial score (nSPS) is 20.6. The van der Waals surface area contributed by atoms with Crippen LogP contribution in [0.4, 0.5) is 5.69 Å². The van der Waals surface area contributed by atoms with Crippen molar-refractivity contribution in [3.63, 3.8) is 0 Å². The van der Waals surface area contributed by atoms with Crippen LogP contribution in [0.15, 0.2) is 24.3 Å². The van der Waals surface area contributed by atoms with E-state index < -0.39 is 0 Å². The van der Waals surface area contributed by atoms with Crippen LogP contribution in [0.1, 0.15) is 25.3 Å². The second-order valence-corrected chi connectivity index (χ2v) is 4.54. The van der Waals surface area contributed by atoms with Crippen LogP contribution in [0.3, 0.4) is 0 Å². The highest BCUT2D eigenvalue weighted by Crippen LogP contribution is 2.21. The molecule has 0 aromatic heterocycles. The van der Waals surface area contributed by atoms with E-state index in [9.17, 15) is 0 Å². The standard InChI is InChI=1S/C14H22N2O/c1-2-17-14-4-3-9-16(11-14)13-7-5-12(10-15)6-8-13/h5-8,14H,2-4,9-11,15H2,1H3. The first-order valence-electron chi connectivity index (χ1n) is 6.49. The van der Waals surface area contributed by atoms with Crippen molar-refractivity contribution >= 4 is 5.69 Å². The zero-order chi connectivity index (χ0) is 12.1. The molecule has 0 spiro atoms. The molecule has 1 unspecified atom stereocenters. The van der Waals surface area contributed by atoms with Gasteiger partial charge in [-0.05, 0) is 37.5 Å². The van der Waals surface area contributed by atoms with E-state index in [0.717, 1.165) is 19.7 Å². The molecule has 3 heteroatoms. The average Bonchev–Trinajstić information content (AvgIpc) is 2.40. The van der Waals surface area contributed by atoms with Gasteiger partial charge in [-0.2, -0.15) is 0 Å². The molecule has 1 fully saturated rings. The van der Waals surface area contributed by atoms with Gasteiger partial charge in [0.1, 0.15) is 0 Å². The van der Waals surface area contributed by atoms with Crippen LogP contribution < -0.4 is 10.6 Å². The van der Waals surface area contributed by atoms with E-state index in [1.54, 1.807) is 0 Å². The molecule has 1 aliphatic heterocycles. The van der Waals surface area contributed by atoms with Gasteiger partial charge >= 0.3 is 0 Å². The first-order valence-corrected chi connectivity index (χ1v) is 6.49. The number of ether oxygens (including phenoxy) is 1. The summed E-state index contributed by atoms with van der Waals surface area (Å²) >= 11 is 0. The van der Waals surface area contributed by atoms with Gasteiger partial charge in [0.2, 0.25) is 0 Å². The Labute approximate surface area is 104 Å². The maximum atomic E-state index is 5.72. The van der Waals surface area contributed by atoms with Crippen LogP contribution in [-0.2, 0) is 11.3 Å². The molecule has 0 saturated carbocycles. The third kappa shape index (κ3) is 3.20. The Hall–Kier alpha value is -1.06. The van der Waals surface area contributed by atoms with Crippen molar-refractivity contribution < 1.29 is 4.74 Å². The quantitative estimate of drug-likeness (QED) is 0.867. The molecule has 2 N–H and O–H groups in total. The van der Waals surface area contributed by atoms with Crippen molar-refractivity contribution in [1.29, 1.82) is 0 Å². The van der Waals surface area contributed by atoms with E-state index in [2.05, 4.69) is 36.1 Å². The van der Waals surface area contributed by atoms with Crippen LogP contribution in [0.2, 0.25) is 0 Å². The predicted molar refractivity (Wildman–Crippen MR) is 71.2 cm³/mol. The molecule has 0 bridgehead atoms.